The second-order valence-electron chi connectivity index (χ2n) is 9.47. The molecule has 0 aliphatic carbocycles. The molecule has 0 fully saturated rings. The van der Waals surface area contributed by atoms with Gasteiger partial charge >= 0.3 is 5.97 Å². The lowest BCUT2D eigenvalue weighted by atomic mass is 10.0. The number of carbonyl (C=O) groups is 1. The molecule has 0 N–H and O–H groups in total. The maximum atomic E-state index is 11.3. The van der Waals surface area contributed by atoms with E-state index in [0.29, 0.717) is 12.5 Å². The molecule has 1 heterocycles. The van der Waals surface area contributed by atoms with Crippen molar-refractivity contribution in [1.82, 2.24) is 4.98 Å². The van der Waals surface area contributed by atoms with Gasteiger partial charge < -0.3 is 9.47 Å². The van der Waals surface area contributed by atoms with Crippen LogP contribution in [0.2, 0.25) is 0 Å². The molecule has 2 rings (SSSR count). The molecule has 0 saturated heterocycles. The third-order valence-corrected chi connectivity index (χ3v) is 5.80. The van der Waals surface area contributed by atoms with E-state index in [9.17, 15) is 4.79 Å². The van der Waals surface area contributed by atoms with Gasteiger partial charge in [0.25, 0.3) is 0 Å². The first-order valence-corrected chi connectivity index (χ1v) is 12.8. The molecule has 0 unspecified atom stereocenters. The number of hydrogen-bond acceptors (Lipinski definition) is 4. The molecule has 2 aromatic rings. The van der Waals surface area contributed by atoms with Crippen LogP contribution in [0.25, 0.3) is 11.3 Å². The van der Waals surface area contributed by atoms with Crippen molar-refractivity contribution in [3.05, 3.63) is 48.2 Å². The van der Waals surface area contributed by atoms with Crippen molar-refractivity contribution in [2.24, 2.45) is 5.92 Å². The average Bonchev–Trinajstić information content (AvgIpc) is 2.79. The minimum atomic E-state index is -0.267. The lowest BCUT2D eigenvalue weighted by Gasteiger charge is -2.19. The molecule has 1 aromatic carbocycles. The Labute approximate surface area is 201 Å². The molecule has 0 aliphatic rings. The lowest BCUT2D eigenvalue weighted by Crippen LogP contribution is -2.25. The zero-order chi connectivity index (χ0) is 23.9. The maximum absolute atomic E-state index is 11.3. The van der Waals surface area contributed by atoms with E-state index in [0.717, 1.165) is 29.8 Å². The van der Waals surface area contributed by atoms with Gasteiger partial charge in [0, 0.05) is 18.7 Å². The number of unbranched alkanes of at least 4 members (excludes halogenated alkanes) is 7. The summed E-state index contributed by atoms with van der Waals surface area (Å²) in [4.78, 5) is 16.0. The predicted octanol–water partition coefficient (Wildman–Crippen LogP) is 7.79. The molecular formula is C29H43NO3. The van der Waals surface area contributed by atoms with Crippen molar-refractivity contribution in [3.63, 3.8) is 0 Å². The molecular weight excluding hydrogens is 410 g/mol. The van der Waals surface area contributed by atoms with E-state index in [1.807, 2.05) is 30.5 Å². The Balaban J connectivity index is 1.76. The highest BCUT2D eigenvalue weighted by atomic mass is 16.6. The molecule has 4 nitrogen and oxygen atoms in total. The topological polar surface area (TPSA) is 48.4 Å². The van der Waals surface area contributed by atoms with Crippen molar-refractivity contribution < 1.29 is 14.3 Å². The number of benzene rings is 1. The number of hydrogen-bond donors (Lipinski definition) is 0. The van der Waals surface area contributed by atoms with Gasteiger partial charge in [-0.05, 0) is 61.1 Å². The van der Waals surface area contributed by atoms with E-state index in [1.54, 1.807) is 0 Å². The quantitative estimate of drug-likeness (QED) is 0.192. The van der Waals surface area contributed by atoms with Gasteiger partial charge in [0.05, 0.1) is 5.69 Å². The highest BCUT2D eigenvalue weighted by molar-refractivity contribution is 5.66. The summed E-state index contributed by atoms with van der Waals surface area (Å²) >= 11 is 0. The van der Waals surface area contributed by atoms with Crippen LogP contribution in [-0.2, 0) is 16.0 Å². The minimum absolute atomic E-state index is 0.225. The highest BCUT2D eigenvalue weighted by Crippen LogP contribution is 2.22. The summed E-state index contributed by atoms with van der Waals surface area (Å²) in [5, 5.41) is 0. The number of esters is 1. The average molecular weight is 454 g/mol. The fourth-order valence-electron chi connectivity index (χ4n) is 4.03. The molecule has 4 heteroatoms. The molecule has 33 heavy (non-hydrogen) atoms. The summed E-state index contributed by atoms with van der Waals surface area (Å²) in [6, 6.07) is 12.3. The predicted molar refractivity (Wildman–Crippen MR) is 136 cm³/mol. The SMILES string of the molecule is CCCCCCCCCCc1ccc(-c2ccc(OC[C@H](CC(C)C)OC(C)=O)cc2)nc1. The first-order chi connectivity index (χ1) is 16.0. The van der Waals surface area contributed by atoms with Gasteiger partial charge in [-0.15, -0.1) is 0 Å². The van der Waals surface area contributed by atoms with Crippen LogP contribution in [0.4, 0.5) is 0 Å². The third-order valence-electron chi connectivity index (χ3n) is 5.80. The fourth-order valence-corrected chi connectivity index (χ4v) is 4.03. The van der Waals surface area contributed by atoms with E-state index in [4.69, 9.17) is 9.47 Å². The largest absolute Gasteiger partial charge is 0.490 e. The number of pyridine rings is 1. The van der Waals surface area contributed by atoms with Gasteiger partial charge in [-0.2, -0.15) is 0 Å². The molecule has 182 valence electrons. The number of rotatable bonds is 16. The molecule has 0 aliphatic heterocycles. The smallest absolute Gasteiger partial charge is 0.303 e. The van der Waals surface area contributed by atoms with Crippen LogP contribution in [-0.4, -0.2) is 23.7 Å². The minimum Gasteiger partial charge on any atom is -0.490 e. The number of aromatic nitrogens is 1. The van der Waals surface area contributed by atoms with Crippen LogP contribution < -0.4 is 4.74 Å². The van der Waals surface area contributed by atoms with Gasteiger partial charge in [0.1, 0.15) is 18.5 Å². The van der Waals surface area contributed by atoms with Crippen molar-refractivity contribution in [3.8, 4) is 17.0 Å². The summed E-state index contributed by atoms with van der Waals surface area (Å²) in [5.74, 6) is 0.937. The van der Waals surface area contributed by atoms with Crippen LogP contribution in [0.15, 0.2) is 42.6 Å². The van der Waals surface area contributed by atoms with Gasteiger partial charge in [-0.3, -0.25) is 9.78 Å². The monoisotopic (exact) mass is 453 g/mol. The number of nitrogens with zero attached hydrogens (tertiary/aromatic N) is 1. The van der Waals surface area contributed by atoms with Gasteiger partial charge in [-0.25, -0.2) is 0 Å². The van der Waals surface area contributed by atoms with Crippen LogP contribution in [0.1, 0.15) is 91.0 Å². The Morgan fingerprint density at radius 2 is 1.58 bits per heavy atom. The van der Waals surface area contributed by atoms with Crippen LogP contribution in [0.3, 0.4) is 0 Å². The molecule has 0 spiro atoms. The maximum Gasteiger partial charge on any atom is 0.303 e. The zero-order valence-corrected chi connectivity index (χ0v) is 21.1. The van der Waals surface area contributed by atoms with Gasteiger partial charge in [-0.1, -0.05) is 71.8 Å². The van der Waals surface area contributed by atoms with E-state index in [-0.39, 0.29) is 12.1 Å². The summed E-state index contributed by atoms with van der Waals surface area (Å²) in [5.41, 5.74) is 3.35. The Morgan fingerprint density at radius 1 is 0.909 bits per heavy atom. The van der Waals surface area contributed by atoms with Crippen LogP contribution >= 0.6 is 0 Å². The van der Waals surface area contributed by atoms with E-state index in [1.165, 1.54) is 63.9 Å². The van der Waals surface area contributed by atoms with Gasteiger partial charge in [0.2, 0.25) is 0 Å². The molecule has 0 amide bonds. The van der Waals surface area contributed by atoms with Crippen molar-refractivity contribution in [2.75, 3.05) is 6.61 Å². The van der Waals surface area contributed by atoms with Crippen molar-refractivity contribution in [1.29, 1.82) is 0 Å². The Kier molecular flexibility index (Phi) is 12.6. The Morgan fingerprint density at radius 3 is 2.15 bits per heavy atom. The number of ether oxygens (including phenoxy) is 2. The second-order valence-corrected chi connectivity index (χ2v) is 9.47. The second kappa shape index (κ2) is 15.5. The Bertz CT molecular complexity index is 784. The number of aryl methyl sites for hydroxylation is 1. The summed E-state index contributed by atoms with van der Waals surface area (Å²) in [7, 11) is 0. The zero-order valence-electron chi connectivity index (χ0n) is 21.1. The number of carbonyl (C=O) groups excluding carboxylic acids is 1. The molecule has 1 atom stereocenters. The van der Waals surface area contributed by atoms with Crippen molar-refractivity contribution in [2.45, 2.75) is 98.0 Å². The van der Waals surface area contributed by atoms with E-state index >= 15 is 0 Å². The highest BCUT2D eigenvalue weighted by Gasteiger charge is 2.15. The molecule has 0 saturated carbocycles. The van der Waals surface area contributed by atoms with Gasteiger partial charge in [0.15, 0.2) is 0 Å². The fraction of sp³-hybridized carbons (Fsp3) is 0.586. The first-order valence-electron chi connectivity index (χ1n) is 12.8. The summed E-state index contributed by atoms with van der Waals surface area (Å²) < 4.78 is 11.2. The first kappa shape index (κ1) is 26.9. The normalized spacial score (nSPS) is 12.0. The molecule has 0 radical (unpaired) electrons. The Hall–Kier alpha value is -2.36. The van der Waals surface area contributed by atoms with E-state index < -0.39 is 0 Å². The van der Waals surface area contributed by atoms with Crippen molar-refractivity contribution >= 4 is 5.97 Å². The summed E-state index contributed by atoms with van der Waals surface area (Å²) in [6.45, 7) is 8.29. The molecule has 0 bridgehead atoms. The van der Waals surface area contributed by atoms with Crippen LogP contribution in [0.5, 0.6) is 5.75 Å². The summed E-state index contributed by atoms with van der Waals surface area (Å²) in [6.07, 6.45) is 14.4. The standard InChI is InChI=1S/C29H43NO3/c1-5-6-7-8-9-10-11-12-13-25-14-19-29(30-21-25)26-15-17-27(18-16-26)32-22-28(20-23(2)3)33-24(4)31/h14-19,21,23,28H,5-13,20,22H2,1-4H3/t28-/m0/s1. The van der Waals surface area contributed by atoms with Crippen LogP contribution in [0, 0.1) is 5.92 Å². The molecule has 1 aromatic heterocycles. The van der Waals surface area contributed by atoms with E-state index in [2.05, 4.69) is 37.9 Å². The third kappa shape index (κ3) is 11.4. The lowest BCUT2D eigenvalue weighted by molar-refractivity contribution is -0.148.